The molecule has 0 radical (unpaired) electrons. The lowest BCUT2D eigenvalue weighted by atomic mass is 9.87. The van der Waals surface area contributed by atoms with E-state index in [9.17, 15) is 4.79 Å². The zero-order valence-electron chi connectivity index (χ0n) is 20.6. The lowest BCUT2D eigenvalue weighted by molar-refractivity contribution is -0.00673. The highest BCUT2D eigenvalue weighted by atomic mass is 16.6. The van der Waals surface area contributed by atoms with E-state index in [4.69, 9.17) is 23.7 Å². The fourth-order valence-electron chi connectivity index (χ4n) is 4.37. The summed E-state index contributed by atoms with van der Waals surface area (Å²) in [6, 6.07) is 11.3. The summed E-state index contributed by atoms with van der Waals surface area (Å²) in [5.41, 5.74) is 1.30. The van der Waals surface area contributed by atoms with Crippen LogP contribution in [0.3, 0.4) is 0 Å². The zero-order valence-corrected chi connectivity index (χ0v) is 20.6. The molecule has 0 bridgehead atoms. The van der Waals surface area contributed by atoms with Gasteiger partial charge in [-0.3, -0.25) is 4.90 Å². The van der Waals surface area contributed by atoms with Gasteiger partial charge < -0.3 is 23.7 Å². The Morgan fingerprint density at radius 1 is 0.848 bits per heavy atom. The number of piperidine rings is 1. The fraction of sp³-hybridized carbons (Fsp3) is 0.500. The largest absolute Gasteiger partial charge is 0.497 e. The third-order valence-electron chi connectivity index (χ3n) is 5.78. The Hall–Kier alpha value is -3.09. The number of rotatable bonds is 6. The number of likely N-dealkylation sites (tertiary alicyclic amines) is 1. The third kappa shape index (κ3) is 5.46. The van der Waals surface area contributed by atoms with Gasteiger partial charge in [0.15, 0.2) is 11.5 Å². The Labute approximate surface area is 196 Å². The van der Waals surface area contributed by atoms with Gasteiger partial charge in [-0.15, -0.1) is 0 Å². The number of hydrogen-bond acceptors (Lipinski definition) is 6. The summed E-state index contributed by atoms with van der Waals surface area (Å²) in [5, 5.41) is 0. The molecule has 1 aliphatic heterocycles. The number of nitrogens with zero attached hydrogens (tertiary/aromatic N) is 1. The van der Waals surface area contributed by atoms with Gasteiger partial charge in [-0.1, -0.05) is 12.1 Å². The zero-order chi connectivity index (χ0) is 24.2. The van der Waals surface area contributed by atoms with Crippen molar-refractivity contribution in [3.8, 4) is 23.0 Å². The van der Waals surface area contributed by atoms with Crippen molar-refractivity contribution in [2.45, 2.75) is 57.7 Å². The Morgan fingerprint density at radius 3 is 1.97 bits per heavy atom. The van der Waals surface area contributed by atoms with Crippen molar-refractivity contribution in [1.29, 1.82) is 0 Å². The summed E-state index contributed by atoms with van der Waals surface area (Å²) in [5.74, 6) is 2.39. The molecule has 0 aromatic heterocycles. The molecule has 0 aliphatic carbocycles. The normalized spacial score (nSPS) is 18.5. The molecule has 0 saturated carbocycles. The van der Waals surface area contributed by atoms with E-state index in [-0.39, 0.29) is 18.2 Å². The van der Waals surface area contributed by atoms with E-state index in [2.05, 4.69) is 0 Å². The number of carbonyl (C=O) groups is 1. The highest BCUT2D eigenvalue weighted by Gasteiger charge is 2.39. The molecule has 33 heavy (non-hydrogen) atoms. The van der Waals surface area contributed by atoms with Crippen LogP contribution in [0.4, 0.5) is 4.79 Å². The summed E-state index contributed by atoms with van der Waals surface area (Å²) in [6.45, 7) is 5.64. The minimum Gasteiger partial charge on any atom is -0.497 e. The highest BCUT2D eigenvalue weighted by Crippen LogP contribution is 2.47. The number of methoxy groups -OCH3 is 4. The molecule has 1 aliphatic rings. The van der Waals surface area contributed by atoms with Gasteiger partial charge in [-0.2, -0.15) is 0 Å². The quantitative estimate of drug-likeness (QED) is 0.536. The van der Waals surface area contributed by atoms with E-state index >= 15 is 0 Å². The molecule has 0 unspecified atom stereocenters. The van der Waals surface area contributed by atoms with Gasteiger partial charge >= 0.3 is 6.09 Å². The molecule has 0 N–H and O–H groups in total. The second kappa shape index (κ2) is 10.2. The molecule has 1 saturated heterocycles. The van der Waals surface area contributed by atoms with Crippen molar-refractivity contribution in [1.82, 2.24) is 4.90 Å². The number of carbonyl (C=O) groups excluding carboxylic acids is 1. The van der Waals surface area contributed by atoms with E-state index < -0.39 is 5.60 Å². The smallest absolute Gasteiger partial charge is 0.411 e. The van der Waals surface area contributed by atoms with Crippen molar-refractivity contribution < 1.29 is 28.5 Å². The maximum absolute atomic E-state index is 13.6. The van der Waals surface area contributed by atoms with E-state index in [1.807, 2.05) is 62.1 Å². The molecule has 2 atom stereocenters. The maximum atomic E-state index is 13.6. The standard InChI is InChI=1S/C26H35NO6/c1-26(2,3)33-25(28)27-20(17-10-8-11-19(14-17)29-4)12-9-13-21(27)18-15-22(30-5)24(32-7)23(16-18)31-6/h8,10-11,14-16,20-21H,9,12-13H2,1-7H3/t20-,21+/m0/s1. The molecular formula is C26H35NO6. The number of hydrogen-bond donors (Lipinski definition) is 0. The van der Waals surface area contributed by atoms with Crippen LogP contribution in [-0.4, -0.2) is 45.0 Å². The summed E-state index contributed by atoms with van der Waals surface area (Å²) >= 11 is 0. The SMILES string of the molecule is COc1cccc([C@@H]2CCC[C@H](c3cc(OC)c(OC)c(OC)c3)N2C(=O)OC(C)(C)C)c1. The molecule has 7 nitrogen and oxygen atoms in total. The van der Waals surface area contributed by atoms with Gasteiger partial charge in [-0.05, 0) is 75.4 Å². The predicted octanol–water partition coefficient (Wildman–Crippen LogP) is 5.92. The molecule has 2 aromatic carbocycles. The van der Waals surface area contributed by atoms with Crippen LogP contribution in [0.15, 0.2) is 36.4 Å². The van der Waals surface area contributed by atoms with Crippen molar-refractivity contribution in [3.05, 3.63) is 47.5 Å². The monoisotopic (exact) mass is 457 g/mol. The first-order valence-corrected chi connectivity index (χ1v) is 11.2. The summed E-state index contributed by atoms with van der Waals surface area (Å²) in [4.78, 5) is 15.4. The van der Waals surface area contributed by atoms with Crippen molar-refractivity contribution in [3.63, 3.8) is 0 Å². The van der Waals surface area contributed by atoms with Crippen LogP contribution in [0.1, 0.15) is 63.2 Å². The first kappa shape index (κ1) is 24.6. The molecular weight excluding hydrogens is 422 g/mol. The van der Waals surface area contributed by atoms with Gasteiger partial charge in [0.1, 0.15) is 11.4 Å². The molecule has 2 aromatic rings. The third-order valence-corrected chi connectivity index (χ3v) is 5.78. The first-order chi connectivity index (χ1) is 15.7. The van der Waals surface area contributed by atoms with E-state index in [1.54, 1.807) is 28.4 Å². The van der Waals surface area contributed by atoms with E-state index in [0.717, 1.165) is 36.1 Å². The second-order valence-corrected chi connectivity index (χ2v) is 9.09. The van der Waals surface area contributed by atoms with Crippen molar-refractivity contribution in [2.75, 3.05) is 28.4 Å². The molecule has 1 heterocycles. The first-order valence-electron chi connectivity index (χ1n) is 11.2. The van der Waals surface area contributed by atoms with Gasteiger partial charge in [0.2, 0.25) is 5.75 Å². The summed E-state index contributed by atoms with van der Waals surface area (Å²) < 4.78 is 27.9. The average molecular weight is 458 g/mol. The summed E-state index contributed by atoms with van der Waals surface area (Å²) in [6.07, 6.45) is 2.21. The lowest BCUT2D eigenvalue weighted by Gasteiger charge is -2.43. The molecule has 7 heteroatoms. The molecule has 0 spiro atoms. The minimum absolute atomic E-state index is 0.159. The van der Waals surface area contributed by atoms with Crippen LogP contribution in [0.5, 0.6) is 23.0 Å². The Balaban J connectivity index is 2.11. The van der Waals surface area contributed by atoms with E-state index in [1.165, 1.54) is 0 Å². The molecule has 3 rings (SSSR count). The highest BCUT2D eigenvalue weighted by molar-refractivity contribution is 5.70. The average Bonchev–Trinajstić information content (AvgIpc) is 2.81. The Kier molecular flexibility index (Phi) is 7.61. The summed E-state index contributed by atoms with van der Waals surface area (Å²) in [7, 11) is 6.40. The van der Waals surface area contributed by atoms with Crippen LogP contribution in [0.2, 0.25) is 0 Å². The Morgan fingerprint density at radius 2 is 1.45 bits per heavy atom. The number of amides is 1. The van der Waals surface area contributed by atoms with Crippen LogP contribution >= 0.6 is 0 Å². The van der Waals surface area contributed by atoms with Crippen molar-refractivity contribution in [2.24, 2.45) is 0 Å². The van der Waals surface area contributed by atoms with Crippen LogP contribution < -0.4 is 18.9 Å². The van der Waals surface area contributed by atoms with Crippen LogP contribution in [0.25, 0.3) is 0 Å². The fourth-order valence-corrected chi connectivity index (χ4v) is 4.37. The van der Waals surface area contributed by atoms with Gasteiger partial charge in [0, 0.05) is 0 Å². The number of ether oxygens (including phenoxy) is 5. The maximum Gasteiger partial charge on any atom is 0.411 e. The lowest BCUT2D eigenvalue weighted by Crippen LogP contribution is -2.43. The second-order valence-electron chi connectivity index (χ2n) is 9.09. The van der Waals surface area contributed by atoms with Gasteiger partial charge in [-0.25, -0.2) is 4.79 Å². The Bertz CT molecular complexity index is 942. The topological polar surface area (TPSA) is 66.5 Å². The predicted molar refractivity (Wildman–Crippen MR) is 126 cm³/mol. The van der Waals surface area contributed by atoms with Gasteiger partial charge in [0.05, 0.1) is 40.5 Å². The van der Waals surface area contributed by atoms with E-state index in [0.29, 0.717) is 17.2 Å². The molecule has 1 fully saturated rings. The number of benzene rings is 2. The molecule has 1 amide bonds. The van der Waals surface area contributed by atoms with Crippen LogP contribution in [-0.2, 0) is 4.74 Å². The minimum atomic E-state index is -0.618. The van der Waals surface area contributed by atoms with Crippen molar-refractivity contribution >= 4 is 6.09 Å². The van der Waals surface area contributed by atoms with Gasteiger partial charge in [0.25, 0.3) is 0 Å². The molecule has 180 valence electrons. The van der Waals surface area contributed by atoms with Crippen LogP contribution in [0, 0.1) is 0 Å².